The van der Waals surface area contributed by atoms with E-state index in [1.54, 1.807) is 6.07 Å². The Bertz CT molecular complexity index is 595. The summed E-state index contributed by atoms with van der Waals surface area (Å²) in [5, 5.41) is 10.4. The molecule has 0 bridgehead atoms. The number of rotatable bonds is 3. The summed E-state index contributed by atoms with van der Waals surface area (Å²) in [4.78, 5) is 0. The van der Waals surface area contributed by atoms with Gasteiger partial charge >= 0.3 is 0 Å². The zero-order valence-corrected chi connectivity index (χ0v) is 12.5. The van der Waals surface area contributed by atoms with Gasteiger partial charge < -0.3 is 5.11 Å². The first-order valence-electron chi connectivity index (χ1n) is 6.17. The lowest BCUT2D eigenvalue weighted by atomic mass is 9.95. The van der Waals surface area contributed by atoms with Crippen LogP contribution in [0.15, 0.2) is 40.9 Å². The van der Waals surface area contributed by atoms with Gasteiger partial charge in [-0.2, -0.15) is 0 Å². The molecule has 1 nitrogen and oxygen atoms in total. The minimum absolute atomic E-state index is 0.281. The summed E-state index contributed by atoms with van der Waals surface area (Å²) in [6, 6.07) is 10.4. The van der Waals surface area contributed by atoms with E-state index >= 15 is 0 Å². The summed E-state index contributed by atoms with van der Waals surface area (Å²) in [6.45, 7) is 4.03. The van der Waals surface area contributed by atoms with Crippen molar-refractivity contribution in [2.24, 2.45) is 0 Å². The Hall–Kier alpha value is -1.19. The molecule has 100 valence electrons. The van der Waals surface area contributed by atoms with Crippen LogP contribution in [0.25, 0.3) is 0 Å². The SMILES string of the molecule is Cc1cccc(C(O)Cc2ccc(F)cc2Br)c1C. The zero-order chi connectivity index (χ0) is 14.0. The Morgan fingerprint density at radius 1 is 1.21 bits per heavy atom. The highest BCUT2D eigenvalue weighted by Gasteiger charge is 2.14. The van der Waals surface area contributed by atoms with Crippen LogP contribution in [0.1, 0.15) is 28.4 Å². The third kappa shape index (κ3) is 3.23. The highest BCUT2D eigenvalue weighted by molar-refractivity contribution is 9.10. The molecule has 0 aliphatic carbocycles. The number of aryl methyl sites for hydroxylation is 1. The lowest BCUT2D eigenvalue weighted by molar-refractivity contribution is 0.177. The maximum atomic E-state index is 13.0. The highest BCUT2D eigenvalue weighted by Crippen LogP contribution is 2.27. The summed E-state index contributed by atoms with van der Waals surface area (Å²) < 4.78 is 13.7. The van der Waals surface area contributed by atoms with E-state index in [1.807, 2.05) is 32.0 Å². The number of halogens is 2. The summed E-state index contributed by atoms with van der Waals surface area (Å²) in [5.74, 6) is -0.281. The van der Waals surface area contributed by atoms with E-state index in [0.717, 1.165) is 22.3 Å². The van der Waals surface area contributed by atoms with Gasteiger partial charge in [0.1, 0.15) is 5.82 Å². The van der Waals surface area contributed by atoms with Crippen molar-refractivity contribution in [3.05, 3.63) is 68.9 Å². The quantitative estimate of drug-likeness (QED) is 0.883. The maximum Gasteiger partial charge on any atom is 0.124 e. The molecule has 0 aliphatic rings. The van der Waals surface area contributed by atoms with Gasteiger partial charge in [-0.15, -0.1) is 0 Å². The van der Waals surface area contributed by atoms with E-state index in [2.05, 4.69) is 15.9 Å². The summed E-state index contributed by atoms with van der Waals surface area (Å²) in [5.41, 5.74) is 4.09. The molecular weight excluding hydrogens is 307 g/mol. The molecule has 1 unspecified atom stereocenters. The Labute approximate surface area is 121 Å². The highest BCUT2D eigenvalue weighted by atomic mass is 79.9. The molecule has 0 spiro atoms. The second kappa shape index (κ2) is 5.85. The molecule has 0 aliphatic heterocycles. The molecule has 19 heavy (non-hydrogen) atoms. The lowest BCUT2D eigenvalue weighted by Gasteiger charge is -2.16. The van der Waals surface area contributed by atoms with E-state index in [-0.39, 0.29) is 5.82 Å². The number of aliphatic hydroxyl groups excluding tert-OH is 1. The molecule has 0 amide bonds. The smallest absolute Gasteiger partial charge is 0.124 e. The van der Waals surface area contributed by atoms with E-state index in [4.69, 9.17) is 0 Å². The van der Waals surface area contributed by atoms with Crippen molar-refractivity contribution in [1.29, 1.82) is 0 Å². The molecule has 3 heteroatoms. The van der Waals surface area contributed by atoms with Crippen molar-refractivity contribution >= 4 is 15.9 Å². The van der Waals surface area contributed by atoms with Crippen molar-refractivity contribution in [3.63, 3.8) is 0 Å². The molecule has 2 aromatic rings. The molecule has 0 heterocycles. The van der Waals surface area contributed by atoms with Gasteiger partial charge in [-0.05, 0) is 48.2 Å². The lowest BCUT2D eigenvalue weighted by Crippen LogP contribution is -2.05. The van der Waals surface area contributed by atoms with Gasteiger partial charge in [0.05, 0.1) is 6.10 Å². The average Bonchev–Trinajstić information content (AvgIpc) is 2.36. The maximum absolute atomic E-state index is 13.0. The first-order valence-corrected chi connectivity index (χ1v) is 6.96. The van der Waals surface area contributed by atoms with Gasteiger partial charge in [-0.25, -0.2) is 4.39 Å². The topological polar surface area (TPSA) is 20.2 Å². The van der Waals surface area contributed by atoms with Gasteiger partial charge in [-0.3, -0.25) is 0 Å². The third-order valence-corrected chi connectivity index (χ3v) is 4.17. The number of aliphatic hydroxyl groups is 1. The Morgan fingerprint density at radius 2 is 1.95 bits per heavy atom. The fraction of sp³-hybridized carbons (Fsp3) is 0.250. The van der Waals surface area contributed by atoms with E-state index in [9.17, 15) is 9.50 Å². The molecule has 0 radical (unpaired) electrons. The molecule has 2 rings (SSSR count). The second-order valence-electron chi connectivity index (χ2n) is 4.74. The average molecular weight is 323 g/mol. The van der Waals surface area contributed by atoms with E-state index in [1.165, 1.54) is 12.1 Å². The van der Waals surface area contributed by atoms with E-state index < -0.39 is 6.10 Å². The van der Waals surface area contributed by atoms with Gasteiger partial charge in [0, 0.05) is 10.9 Å². The monoisotopic (exact) mass is 322 g/mol. The number of hydrogen-bond donors (Lipinski definition) is 1. The Morgan fingerprint density at radius 3 is 2.63 bits per heavy atom. The fourth-order valence-corrected chi connectivity index (χ4v) is 2.65. The van der Waals surface area contributed by atoms with Crippen molar-refractivity contribution in [1.82, 2.24) is 0 Å². The Balaban J connectivity index is 2.25. The molecule has 0 aromatic heterocycles. The summed E-state index contributed by atoms with van der Waals surface area (Å²) >= 11 is 3.33. The minimum Gasteiger partial charge on any atom is -0.388 e. The second-order valence-corrected chi connectivity index (χ2v) is 5.60. The van der Waals surface area contributed by atoms with Crippen molar-refractivity contribution in [2.45, 2.75) is 26.4 Å². The Kier molecular flexibility index (Phi) is 4.38. The molecule has 2 aromatic carbocycles. The van der Waals surface area contributed by atoms with Gasteiger partial charge in [0.2, 0.25) is 0 Å². The molecule has 1 atom stereocenters. The summed E-state index contributed by atoms with van der Waals surface area (Å²) in [7, 11) is 0. The van der Waals surface area contributed by atoms with Crippen LogP contribution in [-0.4, -0.2) is 5.11 Å². The van der Waals surface area contributed by atoms with Crippen LogP contribution in [0.5, 0.6) is 0 Å². The van der Waals surface area contributed by atoms with E-state index in [0.29, 0.717) is 10.9 Å². The predicted molar refractivity (Wildman–Crippen MR) is 78.7 cm³/mol. The summed E-state index contributed by atoms with van der Waals surface area (Å²) in [6.07, 6.45) is -0.118. The van der Waals surface area contributed by atoms with Crippen molar-refractivity contribution in [3.8, 4) is 0 Å². The van der Waals surface area contributed by atoms with Crippen LogP contribution in [0.2, 0.25) is 0 Å². The predicted octanol–water partition coefficient (Wildman–Crippen LogP) is 4.48. The minimum atomic E-state index is -0.582. The normalized spacial score (nSPS) is 12.5. The first-order chi connectivity index (χ1) is 8.99. The van der Waals surface area contributed by atoms with Crippen LogP contribution in [0, 0.1) is 19.7 Å². The van der Waals surface area contributed by atoms with Crippen LogP contribution in [-0.2, 0) is 6.42 Å². The van der Waals surface area contributed by atoms with Crippen LogP contribution in [0.3, 0.4) is 0 Å². The van der Waals surface area contributed by atoms with Crippen LogP contribution in [0.4, 0.5) is 4.39 Å². The third-order valence-electron chi connectivity index (χ3n) is 3.43. The largest absolute Gasteiger partial charge is 0.388 e. The van der Waals surface area contributed by atoms with Gasteiger partial charge in [0.15, 0.2) is 0 Å². The molecule has 1 N–H and O–H groups in total. The molecular formula is C16H16BrFO. The van der Waals surface area contributed by atoms with Crippen molar-refractivity contribution < 1.29 is 9.50 Å². The van der Waals surface area contributed by atoms with Crippen LogP contribution < -0.4 is 0 Å². The first kappa shape index (κ1) is 14.2. The number of hydrogen-bond acceptors (Lipinski definition) is 1. The fourth-order valence-electron chi connectivity index (χ4n) is 2.14. The molecule has 0 saturated heterocycles. The van der Waals surface area contributed by atoms with Gasteiger partial charge in [-0.1, -0.05) is 40.2 Å². The van der Waals surface area contributed by atoms with Gasteiger partial charge in [0.25, 0.3) is 0 Å². The zero-order valence-electron chi connectivity index (χ0n) is 11.0. The van der Waals surface area contributed by atoms with Crippen LogP contribution >= 0.6 is 15.9 Å². The standard InChI is InChI=1S/C16H16BrFO/c1-10-4-3-5-14(11(10)2)16(19)8-12-6-7-13(18)9-15(12)17/h3-7,9,16,19H,8H2,1-2H3. The number of benzene rings is 2. The van der Waals surface area contributed by atoms with Crippen molar-refractivity contribution in [2.75, 3.05) is 0 Å². The molecule has 0 saturated carbocycles. The molecule has 0 fully saturated rings.